The molecule has 1 N–H and O–H groups in total. The van der Waals surface area contributed by atoms with E-state index >= 15 is 0 Å². The molecule has 32 heavy (non-hydrogen) atoms. The van der Waals surface area contributed by atoms with Crippen LogP contribution in [0.2, 0.25) is 0 Å². The van der Waals surface area contributed by atoms with Crippen LogP contribution in [0.15, 0.2) is 49.7 Å². The Hall–Kier alpha value is -2.51. The number of imidazole rings is 1. The van der Waals surface area contributed by atoms with E-state index in [-0.39, 0.29) is 11.9 Å². The van der Waals surface area contributed by atoms with Gasteiger partial charge in [-0.15, -0.1) is 6.58 Å². The van der Waals surface area contributed by atoms with Crippen molar-refractivity contribution < 1.29 is 9.53 Å². The molecular weight excluding hydrogens is 402 g/mol. The summed E-state index contributed by atoms with van der Waals surface area (Å²) in [6.07, 6.45) is 15.8. The SMILES string of the molecule is C=CCOC[C@@H]1CCCN(C[C@H]2CCCCC2NC(=O)c2ccc(-n3ccnc3)nc2)C1. The minimum Gasteiger partial charge on any atom is -0.377 e. The van der Waals surface area contributed by atoms with Gasteiger partial charge in [0.25, 0.3) is 5.91 Å². The zero-order valence-corrected chi connectivity index (χ0v) is 18.9. The van der Waals surface area contributed by atoms with Crippen LogP contribution in [-0.4, -0.2) is 64.2 Å². The molecule has 1 saturated heterocycles. The first-order valence-electron chi connectivity index (χ1n) is 11.9. The van der Waals surface area contributed by atoms with Gasteiger partial charge in [0.2, 0.25) is 0 Å². The summed E-state index contributed by atoms with van der Waals surface area (Å²) in [5.41, 5.74) is 0.607. The molecular formula is C25H35N5O2. The van der Waals surface area contributed by atoms with E-state index in [0.717, 1.165) is 38.5 Å². The van der Waals surface area contributed by atoms with Crippen LogP contribution in [0.25, 0.3) is 5.82 Å². The monoisotopic (exact) mass is 437 g/mol. The van der Waals surface area contributed by atoms with Gasteiger partial charge in [-0.05, 0) is 56.2 Å². The molecule has 4 rings (SSSR count). The highest BCUT2D eigenvalue weighted by atomic mass is 16.5. The Kier molecular flexibility index (Phi) is 8.07. The minimum absolute atomic E-state index is 0.0269. The standard InChI is InChI=1S/C25H35N5O2/c1-2-14-32-18-20-6-5-12-29(16-20)17-22-7-3-4-8-23(22)28-25(31)21-9-10-24(27-15-21)30-13-11-26-19-30/h2,9-11,13,15,19-20,22-23H,1,3-8,12,14,16-18H2,(H,28,31)/t20-,22-,23?/m1/s1. The first-order valence-corrected chi connectivity index (χ1v) is 11.9. The summed E-state index contributed by atoms with van der Waals surface area (Å²) in [5.74, 6) is 1.83. The van der Waals surface area contributed by atoms with Crippen molar-refractivity contribution in [1.29, 1.82) is 0 Å². The van der Waals surface area contributed by atoms with Crippen molar-refractivity contribution in [2.75, 3.05) is 32.8 Å². The lowest BCUT2D eigenvalue weighted by atomic mass is 9.83. The Morgan fingerprint density at radius 3 is 2.94 bits per heavy atom. The number of rotatable bonds is 9. The maximum atomic E-state index is 12.9. The van der Waals surface area contributed by atoms with Gasteiger partial charge in [0.15, 0.2) is 0 Å². The van der Waals surface area contributed by atoms with Gasteiger partial charge in [0.1, 0.15) is 12.1 Å². The Balaban J connectivity index is 1.32. The number of nitrogens with zero attached hydrogens (tertiary/aromatic N) is 4. The van der Waals surface area contributed by atoms with Crippen LogP contribution >= 0.6 is 0 Å². The molecule has 3 heterocycles. The normalized spacial score (nSPS) is 24.2. The molecule has 7 heteroatoms. The molecule has 0 spiro atoms. The molecule has 2 fully saturated rings. The van der Waals surface area contributed by atoms with Crippen molar-refractivity contribution in [3.8, 4) is 5.82 Å². The first-order chi connectivity index (χ1) is 15.7. The number of hydrogen-bond donors (Lipinski definition) is 1. The lowest BCUT2D eigenvalue weighted by molar-refractivity contribution is 0.0599. The Labute approximate surface area is 190 Å². The van der Waals surface area contributed by atoms with Crippen LogP contribution in [-0.2, 0) is 4.74 Å². The molecule has 0 bridgehead atoms. The molecule has 1 saturated carbocycles. The number of hydrogen-bond acceptors (Lipinski definition) is 5. The zero-order chi connectivity index (χ0) is 22.2. The summed E-state index contributed by atoms with van der Waals surface area (Å²) < 4.78 is 7.53. The molecule has 7 nitrogen and oxygen atoms in total. The second-order valence-electron chi connectivity index (χ2n) is 9.09. The highest BCUT2D eigenvalue weighted by Gasteiger charge is 2.30. The van der Waals surface area contributed by atoms with Crippen LogP contribution in [0.5, 0.6) is 0 Å². The van der Waals surface area contributed by atoms with Gasteiger partial charge >= 0.3 is 0 Å². The third kappa shape index (κ3) is 6.04. The predicted octanol–water partition coefficient (Wildman–Crippen LogP) is 3.47. The average molecular weight is 438 g/mol. The summed E-state index contributed by atoms with van der Waals surface area (Å²) in [7, 11) is 0. The largest absolute Gasteiger partial charge is 0.377 e. The van der Waals surface area contributed by atoms with Crippen molar-refractivity contribution in [3.05, 3.63) is 55.3 Å². The molecule has 2 aromatic rings. The average Bonchev–Trinajstić information content (AvgIpc) is 3.36. The van der Waals surface area contributed by atoms with E-state index in [1.807, 2.05) is 29.0 Å². The maximum Gasteiger partial charge on any atom is 0.253 e. The van der Waals surface area contributed by atoms with Crippen LogP contribution in [0.1, 0.15) is 48.9 Å². The van der Waals surface area contributed by atoms with Gasteiger partial charge in [-0.3, -0.25) is 9.36 Å². The number of aromatic nitrogens is 3. The van der Waals surface area contributed by atoms with Crippen LogP contribution in [0.3, 0.4) is 0 Å². The fourth-order valence-corrected chi connectivity index (χ4v) is 5.04. The molecule has 1 aliphatic heterocycles. The second-order valence-corrected chi connectivity index (χ2v) is 9.09. The summed E-state index contributed by atoms with van der Waals surface area (Å²) in [6, 6.07) is 3.92. The summed E-state index contributed by atoms with van der Waals surface area (Å²) in [6.45, 7) is 8.47. The molecule has 2 aromatic heterocycles. The Morgan fingerprint density at radius 1 is 1.25 bits per heavy atom. The molecule has 0 radical (unpaired) electrons. The lowest BCUT2D eigenvalue weighted by Gasteiger charge is -2.39. The number of ether oxygens (including phenoxy) is 1. The summed E-state index contributed by atoms with van der Waals surface area (Å²) in [4.78, 5) is 24.0. The predicted molar refractivity (Wildman–Crippen MR) is 125 cm³/mol. The van der Waals surface area contributed by atoms with E-state index < -0.39 is 0 Å². The summed E-state index contributed by atoms with van der Waals surface area (Å²) in [5, 5.41) is 3.32. The van der Waals surface area contributed by atoms with Crippen LogP contribution in [0, 0.1) is 11.8 Å². The fraction of sp³-hybridized carbons (Fsp3) is 0.560. The molecule has 3 atom stereocenters. The van der Waals surface area contributed by atoms with Gasteiger partial charge in [0, 0.05) is 37.7 Å². The van der Waals surface area contributed by atoms with Gasteiger partial charge in [-0.2, -0.15) is 0 Å². The van der Waals surface area contributed by atoms with Crippen molar-refractivity contribution in [2.24, 2.45) is 11.8 Å². The smallest absolute Gasteiger partial charge is 0.253 e. The fourth-order valence-electron chi connectivity index (χ4n) is 5.04. The number of nitrogens with one attached hydrogen (secondary N) is 1. The molecule has 2 aliphatic rings. The van der Waals surface area contributed by atoms with Crippen LogP contribution in [0.4, 0.5) is 0 Å². The Bertz CT molecular complexity index is 852. The van der Waals surface area contributed by atoms with Crippen molar-refractivity contribution in [1.82, 2.24) is 24.8 Å². The van der Waals surface area contributed by atoms with Gasteiger partial charge < -0.3 is 15.0 Å². The van der Waals surface area contributed by atoms with Crippen molar-refractivity contribution >= 4 is 5.91 Å². The molecule has 1 aliphatic carbocycles. The highest BCUT2D eigenvalue weighted by Crippen LogP contribution is 2.27. The number of likely N-dealkylation sites (tertiary alicyclic amines) is 1. The number of carbonyl (C=O) groups is 1. The summed E-state index contributed by atoms with van der Waals surface area (Å²) >= 11 is 0. The van der Waals surface area contributed by atoms with Gasteiger partial charge in [-0.25, -0.2) is 9.97 Å². The minimum atomic E-state index is -0.0269. The number of carbonyl (C=O) groups excluding carboxylic acids is 1. The topological polar surface area (TPSA) is 72.3 Å². The zero-order valence-electron chi connectivity index (χ0n) is 18.9. The quantitative estimate of drug-likeness (QED) is 0.480. The first kappa shape index (κ1) is 22.7. The van der Waals surface area contributed by atoms with E-state index in [2.05, 4.69) is 26.8 Å². The molecule has 1 amide bonds. The van der Waals surface area contributed by atoms with Gasteiger partial charge in [0.05, 0.1) is 18.8 Å². The second kappa shape index (κ2) is 11.4. The number of amides is 1. The third-order valence-electron chi connectivity index (χ3n) is 6.69. The van der Waals surface area contributed by atoms with Crippen molar-refractivity contribution in [2.45, 2.75) is 44.6 Å². The lowest BCUT2D eigenvalue weighted by Crippen LogP contribution is -2.48. The van der Waals surface area contributed by atoms with Gasteiger partial charge in [-0.1, -0.05) is 18.9 Å². The highest BCUT2D eigenvalue weighted by molar-refractivity contribution is 5.94. The van der Waals surface area contributed by atoms with E-state index in [9.17, 15) is 4.79 Å². The maximum absolute atomic E-state index is 12.9. The van der Waals surface area contributed by atoms with E-state index in [4.69, 9.17) is 4.74 Å². The molecule has 1 unspecified atom stereocenters. The Morgan fingerprint density at radius 2 is 2.16 bits per heavy atom. The molecule has 172 valence electrons. The van der Waals surface area contributed by atoms with Crippen molar-refractivity contribution in [3.63, 3.8) is 0 Å². The number of piperidine rings is 1. The van der Waals surface area contributed by atoms with Crippen LogP contribution < -0.4 is 5.32 Å². The number of pyridine rings is 1. The third-order valence-corrected chi connectivity index (χ3v) is 6.69. The van der Waals surface area contributed by atoms with E-state index in [0.29, 0.717) is 24.0 Å². The van der Waals surface area contributed by atoms with E-state index in [1.54, 1.807) is 18.7 Å². The van der Waals surface area contributed by atoms with E-state index in [1.165, 1.54) is 32.1 Å². The molecule has 0 aromatic carbocycles.